The average Bonchev–Trinajstić information content (AvgIpc) is 3.05. The van der Waals surface area contributed by atoms with Crippen molar-refractivity contribution >= 4 is 38.8 Å². The molecule has 0 radical (unpaired) electrons. The summed E-state index contributed by atoms with van der Waals surface area (Å²) in [4.78, 5) is 5.62. The largest absolute Gasteiger partial charge is 0.380 e. The van der Waals surface area contributed by atoms with Crippen LogP contribution in [0.4, 0.5) is 10.1 Å². The van der Waals surface area contributed by atoms with E-state index >= 15 is 0 Å². The van der Waals surface area contributed by atoms with Gasteiger partial charge >= 0.3 is 0 Å². The van der Waals surface area contributed by atoms with Gasteiger partial charge in [0.25, 0.3) is 0 Å². The molecule has 0 saturated heterocycles. The lowest BCUT2D eigenvalue weighted by Crippen LogP contribution is -2.31. The molecule has 0 spiro atoms. The van der Waals surface area contributed by atoms with Crippen molar-refractivity contribution in [3.8, 4) is 12.3 Å². The van der Waals surface area contributed by atoms with E-state index in [4.69, 9.17) is 23.8 Å². The Labute approximate surface area is 173 Å². The summed E-state index contributed by atoms with van der Waals surface area (Å²) in [6.45, 7) is 0.351. The quantitative estimate of drug-likeness (QED) is 0.428. The van der Waals surface area contributed by atoms with Crippen LogP contribution in [0.15, 0.2) is 30.3 Å². The topological polar surface area (TPSA) is 50.9 Å². The van der Waals surface area contributed by atoms with Crippen LogP contribution >= 0.6 is 22.9 Å². The summed E-state index contributed by atoms with van der Waals surface area (Å²) in [6.07, 6.45) is 10.2. The van der Waals surface area contributed by atoms with E-state index in [0.29, 0.717) is 17.3 Å². The first-order valence-electron chi connectivity index (χ1n) is 9.41. The molecule has 2 aromatic heterocycles. The summed E-state index contributed by atoms with van der Waals surface area (Å²) in [6, 6.07) is 8.59. The van der Waals surface area contributed by atoms with Gasteiger partial charge in [0.2, 0.25) is 0 Å². The molecule has 2 atom stereocenters. The van der Waals surface area contributed by atoms with E-state index in [1.54, 1.807) is 29.5 Å². The maximum absolute atomic E-state index is 14.0. The summed E-state index contributed by atoms with van der Waals surface area (Å²) >= 11 is 7.91. The zero-order valence-electron chi connectivity index (χ0n) is 15.3. The number of hydrogen-bond acceptors (Lipinski definition) is 4. The third kappa shape index (κ3) is 3.60. The van der Waals surface area contributed by atoms with Gasteiger partial charge in [0.15, 0.2) is 0 Å². The highest BCUT2D eigenvalue weighted by Gasteiger charge is 2.29. The van der Waals surface area contributed by atoms with E-state index in [1.807, 2.05) is 6.07 Å². The molecule has 3 aromatic rings. The van der Waals surface area contributed by atoms with E-state index in [9.17, 15) is 4.39 Å². The second-order valence-corrected chi connectivity index (χ2v) is 8.60. The number of nitrogens with two attached hydrogens (primary N) is 1. The fourth-order valence-corrected chi connectivity index (χ4v) is 5.50. The highest BCUT2D eigenvalue weighted by molar-refractivity contribution is 7.20. The van der Waals surface area contributed by atoms with Crippen molar-refractivity contribution in [1.29, 1.82) is 0 Å². The molecule has 0 bridgehead atoms. The highest BCUT2D eigenvalue weighted by atomic mass is 35.5. The normalized spacial score (nSPS) is 19.5. The fraction of sp³-hybridized carbons (Fsp3) is 0.318. The van der Waals surface area contributed by atoms with Crippen LogP contribution in [0.3, 0.4) is 0 Å². The Kier molecular flexibility index (Phi) is 5.54. The van der Waals surface area contributed by atoms with Crippen molar-refractivity contribution < 1.29 is 4.39 Å². The lowest BCUT2D eigenvalue weighted by Gasteiger charge is -2.28. The molecule has 1 aromatic carbocycles. The monoisotopic (exact) mass is 413 g/mol. The van der Waals surface area contributed by atoms with Crippen molar-refractivity contribution in [1.82, 2.24) is 4.98 Å². The van der Waals surface area contributed by atoms with Crippen molar-refractivity contribution in [2.75, 3.05) is 5.32 Å². The summed E-state index contributed by atoms with van der Waals surface area (Å²) in [5.74, 6) is 2.83. The van der Waals surface area contributed by atoms with Crippen LogP contribution in [-0.2, 0) is 6.54 Å². The smallest absolute Gasteiger partial charge is 0.131 e. The molecule has 6 heteroatoms. The first kappa shape index (κ1) is 19.2. The zero-order chi connectivity index (χ0) is 19.7. The second kappa shape index (κ2) is 8.08. The Morgan fingerprint density at radius 3 is 2.86 bits per heavy atom. The third-order valence-corrected chi connectivity index (χ3v) is 6.90. The molecular formula is C22H21ClFN3S. The Balaban J connectivity index is 1.75. The van der Waals surface area contributed by atoms with Crippen LogP contribution in [0.2, 0.25) is 5.15 Å². The van der Waals surface area contributed by atoms with Gasteiger partial charge in [0.05, 0.1) is 16.0 Å². The van der Waals surface area contributed by atoms with Gasteiger partial charge in [-0.25, -0.2) is 9.37 Å². The number of terminal acetylenes is 1. The Hall–Kier alpha value is -2.13. The van der Waals surface area contributed by atoms with E-state index in [2.05, 4.69) is 16.2 Å². The Morgan fingerprint density at radius 2 is 2.11 bits per heavy atom. The number of thiophene rings is 1. The highest BCUT2D eigenvalue weighted by Crippen LogP contribution is 2.44. The first-order chi connectivity index (χ1) is 13.6. The molecule has 1 fully saturated rings. The number of nitrogens with one attached hydrogen (secondary N) is 1. The molecule has 28 heavy (non-hydrogen) atoms. The number of nitrogens with zero attached hydrogens (tertiary/aromatic N) is 1. The molecule has 0 unspecified atom stereocenters. The standard InChI is InChI=1S/C22H21ClFN3S/c1-2-14-20-22(28-21(14)15-8-4-6-10-17(15)25)18(11-19(23)27-20)26-12-13-7-3-5-9-16(13)24/h1,3,5,7,9,11,15,17H,4,6,8,10,12,25H2,(H,26,27)/t15-,17-/m0/s1. The SMILES string of the molecule is C#Cc1c([C@H]2CCCC[C@@H]2N)sc2c(NCc3ccccc3F)cc(Cl)nc12. The Bertz CT molecular complexity index is 1060. The average molecular weight is 414 g/mol. The number of fused-ring (bicyclic) bond motifs is 1. The van der Waals surface area contributed by atoms with Gasteiger partial charge in [-0.15, -0.1) is 17.8 Å². The Morgan fingerprint density at radius 1 is 1.32 bits per heavy atom. The summed E-state index contributed by atoms with van der Waals surface area (Å²) in [5, 5.41) is 3.67. The minimum atomic E-state index is -0.240. The summed E-state index contributed by atoms with van der Waals surface area (Å²) < 4.78 is 14.9. The van der Waals surface area contributed by atoms with E-state index < -0.39 is 0 Å². The molecule has 3 N–H and O–H groups in total. The number of anilines is 1. The lowest BCUT2D eigenvalue weighted by atomic mass is 9.83. The minimum Gasteiger partial charge on any atom is -0.380 e. The predicted octanol–water partition coefficient (Wildman–Crippen LogP) is 5.67. The molecule has 3 nitrogen and oxygen atoms in total. The number of halogens is 2. The van der Waals surface area contributed by atoms with E-state index in [0.717, 1.165) is 52.0 Å². The van der Waals surface area contributed by atoms with E-state index in [1.165, 1.54) is 6.07 Å². The van der Waals surface area contributed by atoms with Crippen LogP contribution in [0, 0.1) is 18.2 Å². The van der Waals surface area contributed by atoms with Gasteiger partial charge in [0.1, 0.15) is 16.5 Å². The van der Waals surface area contributed by atoms with Crippen LogP contribution in [0.25, 0.3) is 10.2 Å². The molecule has 1 aliphatic carbocycles. The fourth-order valence-electron chi connectivity index (χ4n) is 3.90. The molecule has 0 amide bonds. The van der Waals surface area contributed by atoms with Gasteiger partial charge in [-0.2, -0.15) is 0 Å². The van der Waals surface area contributed by atoms with Crippen LogP contribution < -0.4 is 11.1 Å². The van der Waals surface area contributed by atoms with Crippen molar-refractivity contribution in [2.24, 2.45) is 5.73 Å². The van der Waals surface area contributed by atoms with Gasteiger partial charge in [-0.1, -0.05) is 48.6 Å². The lowest BCUT2D eigenvalue weighted by molar-refractivity contribution is 0.389. The van der Waals surface area contributed by atoms with Crippen LogP contribution in [-0.4, -0.2) is 11.0 Å². The first-order valence-corrected chi connectivity index (χ1v) is 10.6. The zero-order valence-corrected chi connectivity index (χ0v) is 16.9. The molecule has 1 aliphatic rings. The van der Waals surface area contributed by atoms with E-state index in [-0.39, 0.29) is 17.8 Å². The van der Waals surface area contributed by atoms with Gasteiger partial charge in [-0.05, 0) is 18.9 Å². The molecular weight excluding hydrogens is 393 g/mol. The maximum atomic E-state index is 14.0. The number of rotatable bonds is 4. The predicted molar refractivity (Wildman–Crippen MR) is 115 cm³/mol. The van der Waals surface area contributed by atoms with Crippen LogP contribution in [0.1, 0.15) is 47.6 Å². The minimum absolute atomic E-state index is 0.110. The maximum Gasteiger partial charge on any atom is 0.131 e. The van der Waals surface area contributed by atoms with Gasteiger partial charge in [0, 0.05) is 35.0 Å². The number of aromatic nitrogens is 1. The molecule has 1 saturated carbocycles. The van der Waals surface area contributed by atoms with Crippen LogP contribution in [0.5, 0.6) is 0 Å². The van der Waals surface area contributed by atoms with Crippen molar-refractivity contribution in [3.63, 3.8) is 0 Å². The molecule has 4 rings (SSSR count). The number of benzene rings is 1. The molecule has 144 valence electrons. The molecule has 0 aliphatic heterocycles. The third-order valence-electron chi connectivity index (χ3n) is 5.36. The van der Waals surface area contributed by atoms with Crippen molar-refractivity contribution in [2.45, 2.75) is 44.2 Å². The second-order valence-electron chi connectivity index (χ2n) is 7.16. The van der Waals surface area contributed by atoms with Gasteiger partial charge < -0.3 is 11.1 Å². The van der Waals surface area contributed by atoms with Crippen molar-refractivity contribution in [3.05, 3.63) is 57.3 Å². The molecule has 2 heterocycles. The number of pyridine rings is 1. The summed E-state index contributed by atoms with van der Waals surface area (Å²) in [5.41, 5.74) is 9.33. The number of hydrogen-bond donors (Lipinski definition) is 2. The summed E-state index contributed by atoms with van der Waals surface area (Å²) in [7, 11) is 0. The van der Waals surface area contributed by atoms with Gasteiger partial charge in [-0.3, -0.25) is 0 Å².